The molecule has 2 aliphatic carbocycles. The predicted molar refractivity (Wildman–Crippen MR) is 91.1 cm³/mol. The molecule has 1 fully saturated rings. The monoisotopic (exact) mass is 316 g/mol. The maximum atomic E-state index is 12.3. The van der Waals surface area contributed by atoms with E-state index in [0.717, 1.165) is 37.2 Å². The summed E-state index contributed by atoms with van der Waals surface area (Å²) in [4.78, 5) is 12.3. The number of amides is 1. The molecule has 1 saturated carbocycles. The summed E-state index contributed by atoms with van der Waals surface area (Å²) >= 11 is 0. The van der Waals surface area contributed by atoms with Crippen LogP contribution in [0.25, 0.3) is 0 Å². The van der Waals surface area contributed by atoms with Gasteiger partial charge in [-0.3, -0.25) is 10.1 Å². The van der Waals surface area contributed by atoms with E-state index < -0.39 is 5.54 Å². The summed E-state index contributed by atoms with van der Waals surface area (Å²) in [5.41, 5.74) is 1.95. The Morgan fingerprint density at radius 1 is 1.26 bits per heavy atom. The van der Waals surface area contributed by atoms with Gasteiger partial charge in [0.15, 0.2) is 0 Å². The van der Waals surface area contributed by atoms with Crippen molar-refractivity contribution in [3.63, 3.8) is 0 Å². The molecule has 1 unspecified atom stereocenters. The summed E-state index contributed by atoms with van der Waals surface area (Å²) in [7, 11) is 0. The molecule has 0 spiro atoms. The van der Waals surface area contributed by atoms with Crippen molar-refractivity contribution in [1.29, 1.82) is 0 Å². The van der Waals surface area contributed by atoms with Crippen LogP contribution in [0.2, 0.25) is 0 Å². The van der Waals surface area contributed by atoms with Gasteiger partial charge in [-0.25, -0.2) is 0 Å². The second kappa shape index (κ2) is 7.02. The molecule has 0 heterocycles. The molecule has 1 amide bonds. The lowest BCUT2D eigenvalue weighted by Crippen LogP contribution is -2.50. The number of carbonyl (C=O) groups is 1. The van der Waals surface area contributed by atoms with Crippen molar-refractivity contribution in [2.75, 3.05) is 13.2 Å². The van der Waals surface area contributed by atoms with Crippen molar-refractivity contribution in [1.82, 2.24) is 10.6 Å². The molecule has 1 aromatic rings. The van der Waals surface area contributed by atoms with Gasteiger partial charge < -0.3 is 10.4 Å². The van der Waals surface area contributed by atoms with Crippen LogP contribution in [-0.2, 0) is 16.8 Å². The van der Waals surface area contributed by atoms with E-state index in [0.29, 0.717) is 6.04 Å². The molecule has 3 N–H and O–H groups in total. The molecule has 0 radical (unpaired) electrons. The number of nitrogens with one attached hydrogen (secondary N) is 2. The first-order valence-corrected chi connectivity index (χ1v) is 8.86. The molecule has 2 aliphatic rings. The number of aryl methyl sites for hydroxylation is 1. The highest BCUT2D eigenvalue weighted by Gasteiger charge is 2.38. The second-order valence-corrected chi connectivity index (χ2v) is 7.28. The third kappa shape index (κ3) is 3.59. The van der Waals surface area contributed by atoms with Gasteiger partial charge in [-0.05, 0) is 55.6 Å². The Hall–Kier alpha value is -1.39. The van der Waals surface area contributed by atoms with Gasteiger partial charge in [0.2, 0.25) is 5.91 Å². The molecule has 0 bridgehead atoms. The first-order valence-electron chi connectivity index (χ1n) is 8.86. The zero-order valence-electron chi connectivity index (χ0n) is 14.0. The fraction of sp³-hybridized carbons (Fsp3) is 0.632. The Bertz CT molecular complexity index is 552. The van der Waals surface area contributed by atoms with Crippen LogP contribution >= 0.6 is 0 Å². The quantitative estimate of drug-likeness (QED) is 0.780. The lowest BCUT2D eigenvalue weighted by Gasteiger charge is -2.31. The number of benzene rings is 1. The lowest BCUT2D eigenvalue weighted by atomic mass is 9.87. The summed E-state index contributed by atoms with van der Waals surface area (Å²) in [5.74, 6) is 0.829. The van der Waals surface area contributed by atoms with Gasteiger partial charge in [0.25, 0.3) is 0 Å². The summed E-state index contributed by atoms with van der Waals surface area (Å²) in [6, 6.07) is 8.52. The van der Waals surface area contributed by atoms with Crippen LogP contribution in [0.5, 0.6) is 0 Å². The van der Waals surface area contributed by atoms with Crippen molar-refractivity contribution in [3.8, 4) is 0 Å². The Labute approximate surface area is 138 Å². The molecule has 126 valence electrons. The van der Waals surface area contributed by atoms with Gasteiger partial charge in [0.1, 0.15) is 0 Å². The summed E-state index contributed by atoms with van der Waals surface area (Å²) < 4.78 is 0. The number of hydrogen-bond acceptors (Lipinski definition) is 3. The molecule has 1 aromatic carbocycles. The van der Waals surface area contributed by atoms with E-state index in [1.54, 1.807) is 0 Å². The molecular weight excluding hydrogens is 288 g/mol. The van der Waals surface area contributed by atoms with E-state index in [1.165, 1.54) is 18.4 Å². The number of rotatable bonds is 5. The third-order valence-corrected chi connectivity index (χ3v) is 5.59. The summed E-state index contributed by atoms with van der Waals surface area (Å²) in [5, 5.41) is 16.4. The maximum absolute atomic E-state index is 12.3. The SMILES string of the molecule is CC1CCC(NC(=O)CNC2(CO)CCc3ccccc32)CC1. The highest BCUT2D eigenvalue weighted by atomic mass is 16.3. The molecule has 0 saturated heterocycles. The van der Waals surface area contributed by atoms with Gasteiger partial charge in [0.05, 0.1) is 18.7 Å². The minimum Gasteiger partial charge on any atom is -0.394 e. The normalized spacial score (nSPS) is 30.0. The predicted octanol–water partition coefficient (Wildman–Crippen LogP) is 2.10. The first kappa shape index (κ1) is 16.5. The van der Waals surface area contributed by atoms with E-state index in [4.69, 9.17) is 0 Å². The number of fused-ring (bicyclic) bond motifs is 1. The topological polar surface area (TPSA) is 61.4 Å². The van der Waals surface area contributed by atoms with E-state index in [-0.39, 0.29) is 19.1 Å². The summed E-state index contributed by atoms with van der Waals surface area (Å²) in [6.45, 7) is 2.57. The van der Waals surface area contributed by atoms with E-state index >= 15 is 0 Å². The Morgan fingerprint density at radius 2 is 2.00 bits per heavy atom. The van der Waals surface area contributed by atoms with Gasteiger partial charge in [-0.15, -0.1) is 0 Å². The number of aliphatic hydroxyl groups excluding tert-OH is 1. The van der Waals surface area contributed by atoms with Crippen molar-refractivity contribution >= 4 is 5.91 Å². The van der Waals surface area contributed by atoms with Crippen LogP contribution in [0.15, 0.2) is 24.3 Å². The van der Waals surface area contributed by atoms with Crippen LogP contribution in [0, 0.1) is 5.92 Å². The standard InChI is InChI=1S/C19H28N2O2/c1-14-6-8-16(9-7-14)21-18(23)12-20-19(13-22)11-10-15-4-2-3-5-17(15)19/h2-5,14,16,20,22H,6-13H2,1H3,(H,21,23). The van der Waals surface area contributed by atoms with Gasteiger partial charge in [-0.2, -0.15) is 0 Å². The number of hydrogen-bond donors (Lipinski definition) is 3. The molecule has 4 heteroatoms. The smallest absolute Gasteiger partial charge is 0.234 e. The fourth-order valence-corrected chi connectivity index (χ4v) is 4.02. The molecule has 3 rings (SSSR count). The molecular formula is C19H28N2O2. The third-order valence-electron chi connectivity index (χ3n) is 5.59. The van der Waals surface area contributed by atoms with Gasteiger partial charge >= 0.3 is 0 Å². The van der Waals surface area contributed by atoms with Crippen LogP contribution in [0.1, 0.15) is 50.2 Å². The van der Waals surface area contributed by atoms with Crippen molar-refractivity contribution in [2.24, 2.45) is 5.92 Å². The average molecular weight is 316 g/mol. The van der Waals surface area contributed by atoms with Gasteiger partial charge in [-0.1, -0.05) is 31.2 Å². The van der Waals surface area contributed by atoms with E-state index in [9.17, 15) is 9.90 Å². The van der Waals surface area contributed by atoms with Crippen molar-refractivity contribution < 1.29 is 9.90 Å². The van der Waals surface area contributed by atoms with Crippen molar-refractivity contribution in [3.05, 3.63) is 35.4 Å². The zero-order chi connectivity index (χ0) is 16.3. The highest BCUT2D eigenvalue weighted by Crippen LogP contribution is 2.36. The minimum atomic E-state index is -0.463. The molecule has 23 heavy (non-hydrogen) atoms. The highest BCUT2D eigenvalue weighted by molar-refractivity contribution is 5.78. The van der Waals surface area contributed by atoms with Crippen LogP contribution in [-0.4, -0.2) is 30.2 Å². The second-order valence-electron chi connectivity index (χ2n) is 7.28. The van der Waals surface area contributed by atoms with E-state index in [2.05, 4.69) is 29.7 Å². The largest absolute Gasteiger partial charge is 0.394 e. The number of aliphatic hydroxyl groups is 1. The Balaban J connectivity index is 1.56. The zero-order valence-corrected chi connectivity index (χ0v) is 14.0. The summed E-state index contributed by atoms with van der Waals surface area (Å²) in [6.07, 6.45) is 6.36. The van der Waals surface area contributed by atoms with Crippen LogP contribution in [0.3, 0.4) is 0 Å². The Kier molecular flexibility index (Phi) is 5.02. The molecule has 0 aromatic heterocycles. The van der Waals surface area contributed by atoms with Gasteiger partial charge in [0, 0.05) is 6.04 Å². The average Bonchev–Trinajstić information content (AvgIpc) is 2.95. The molecule has 1 atom stereocenters. The Morgan fingerprint density at radius 3 is 2.74 bits per heavy atom. The molecule has 0 aliphatic heterocycles. The minimum absolute atomic E-state index is 0.0260. The lowest BCUT2D eigenvalue weighted by molar-refractivity contribution is -0.121. The van der Waals surface area contributed by atoms with Crippen molar-refractivity contribution in [2.45, 2.75) is 57.0 Å². The van der Waals surface area contributed by atoms with Crippen LogP contribution < -0.4 is 10.6 Å². The molecule has 4 nitrogen and oxygen atoms in total. The first-order chi connectivity index (χ1) is 11.1. The fourth-order valence-electron chi connectivity index (χ4n) is 4.02. The van der Waals surface area contributed by atoms with E-state index in [1.807, 2.05) is 12.1 Å². The van der Waals surface area contributed by atoms with Crippen LogP contribution in [0.4, 0.5) is 0 Å². The maximum Gasteiger partial charge on any atom is 0.234 e. The number of carbonyl (C=O) groups excluding carboxylic acids is 1.